The fraction of sp³-hybridized carbons (Fsp3) is 0.200. The van der Waals surface area contributed by atoms with E-state index in [1.807, 2.05) is 24.3 Å². The molecule has 1 aliphatic rings. The first-order valence-electron chi connectivity index (χ1n) is 9.08. The summed E-state index contributed by atoms with van der Waals surface area (Å²) in [7, 11) is 0. The van der Waals surface area contributed by atoms with Crippen molar-refractivity contribution in [2.45, 2.75) is 17.7 Å². The third kappa shape index (κ3) is 4.40. The highest BCUT2D eigenvalue weighted by Gasteiger charge is 2.22. The molecular weight excluding hydrogens is 392 g/mol. The van der Waals surface area contributed by atoms with Gasteiger partial charge in [0, 0.05) is 41.3 Å². The Morgan fingerprint density at radius 2 is 2.03 bits per heavy atom. The van der Waals surface area contributed by atoms with Crippen molar-refractivity contribution in [2.75, 3.05) is 22.5 Å². The molecule has 4 rings (SSSR count). The van der Waals surface area contributed by atoms with Crippen LogP contribution in [-0.2, 0) is 9.59 Å². The monoisotopic (exact) mass is 410 g/mol. The van der Waals surface area contributed by atoms with Crippen LogP contribution in [0.4, 0.5) is 11.4 Å². The van der Waals surface area contributed by atoms with Gasteiger partial charge in [-0.1, -0.05) is 29.4 Å². The molecule has 0 saturated heterocycles. The number of rotatable bonds is 5. The number of carbonyl (C=O) groups excluding carboxylic acids is 2. The summed E-state index contributed by atoms with van der Waals surface area (Å²) in [6.07, 6.45) is 0.205. The Kier molecular flexibility index (Phi) is 5.48. The summed E-state index contributed by atoms with van der Waals surface area (Å²) < 4.78 is 4.50. The molecule has 0 radical (unpaired) electrons. The Bertz CT molecular complexity index is 1110. The van der Waals surface area contributed by atoms with E-state index in [0.29, 0.717) is 17.8 Å². The van der Waals surface area contributed by atoms with Crippen molar-refractivity contribution < 1.29 is 14.1 Å². The van der Waals surface area contributed by atoms with Crippen LogP contribution in [0.25, 0.3) is 11.4 Å². The molecule has 2 aromatic carbocycles. The number of amides is 2. The van der Waals surface area contributed by atoms with Crippen molar-refractivity contribution in [3.63, 3.8) is 0 Å². The summed E-state index contributed by atoms with van der Waals surface area (Å²) in [5.74, 6) is 0.144. The molecule has 0 saturated carbocycles. The lowest BCUT2D eigenvalue weighted by atomic mass is 10.2. The zero-order valence-electron chi connectivity index (χ0n) is 15.4. The topological polar surface area (TPSA) is 108 Å². The normalized spacial score (nSPS) is 13.0. The molecule has 0 aliphatic carbocycles. The van der Waals surface area contributed by atoms with Gasteiger partial charge in [-0.2, -0.15) is 0 Å². The predicted molar refractivity (Wildman–Crippen MR) is 110 cm³/mol. The molecule has 0 atom stereocenters. The van der Waals surface area contributed by atoms with Crippen LogP contribution in [0, 0.1) is 0 Å². The zero-order chi connectivity index (χ0) is 20.2. The first-order valence-corrected chi connectivity index (χ1v) is 10.1. The Morgan fingerprint density at radius 3 is 2.86 bits per heavy atom. The Balaban J connectivity index is 1.36. The van der Waals surface area contributed by atoms with E-state index in [0.717, 1.165) is 16.3 Å². The smallest absolute Gasteiger partial charge is 0.326 e. The maximum absolute atomic E-state index is 12.6. The SMILES string of the molecule is O=C(CCC(=O)N1CCSc2ccccc21)Nc1cccc(-c2noc(=O)[nH]2)c1. The van der Waals surface area contributed by atoms with E-state index in [4.69, 9.17) is 0 Å². The van der Waals surface area contributed by atoms with Crippen molar-refractivity contribution in [2.24, 2.45) is 0 Å². The number of nitrogens with one attached hydrogen (secondary N) is 2. The number of benzene rings is 2. The number of H-pyrrole nitrogens is 1. The van der Waals surface area contributed by atoms with Crippen molar-refractivity contribution in [1.29, 1.82) is 0 Å². The van der Waals surface area contributed by atoms with Gasteiger partial charge in [0.2, 0.25) is 11.8 Å². The van der Waals surface area contributed by atoms with Gasteiger partial charge in [-0.15, -0.1) is 11.8 Å². The van der Waals surface area contributed by atoms with E-state index in [1.54, 1.807) is 40.9 Å². The molecule has 0 spiro atoms. The number of carbonyl (C=O) groups is 2. The lowest BCUT2D eigenvalue weighted by Crippen LogP contribution is -2.35. The average molecular weight is 410 g/mol. The van der Waals surface area contributed by atoms with Gasteiger partial charge in [-0.05, 0) is 24.3 Å². The second kappa shape index (κ2) is 8.36. The predicted octanol–water partition coefficient (Wildman–Crippen LogP) is 2.89. The third-order valence-corrected chi connectivity index (χ3v) is 5.50. The minimum absolute atomic E-state index is 0.0678. The molecule has 0 bridgehead atoms. The highest BCUT2D eigenvalue weighted by molar-refractivity contribution is 7.99. The zero-order valence-corrected chi connectivity index (χ0v) is 16.2. The number of hydrogen-bond acceptors (Lipinski definition) is 6. The quantitative estimate of drug-likeness (QED) is 0.670. The number of aromatic nitrogens is 2. The van der Waals surface area contributed by atoms with Gasteiger partial charge in [-0.3, -0.25) is 19.1 Å². The summed E-state index contributed by atoms with van der Waals surface area (Å²) in [6.45, 7) is 0.639. The second-order valence-corrected chi connectivity index (χ2v) is 7.57. The second-order valence-electron chi connectivity index (χ2n) is 6.43. The van der Waals surface area contributed by atoms with Gasteiger partial charge >= 0.3 is 5.76 Å². The van der Waals surface area contributed by atoms with Crippen molar-refractivity contribution in [3.05, 3.63) is 59.1 Å². The number of anilines is 2. The minimum atomic E-state index is -0.648. The lowest BCUT2D eigenvalue weighted by molar-refractivity contribution is -0.122. The number of fused-ring (bicyclic) bond motifs is 1. The molecule has 148 valence electrons. The van der Waals surface area contributed by atoms with E-state index >= 15 is 0 Å². The molecule has 2 N–H and O–H groups in total. The summed E-state index contributed by atoms with van der Waals surface area (Å²) in [5, 5.41) is 6.40. The Morgan fingerprint density at radius 1 is 1.17 bits per heavy atom. The molecule has 9 heteroatoms. The van der Waals surface area contributed by atoms with Gasteiger partial charge in [0.1, 0.15) is 0 Å². The average Bonchev–Trinajstić information content (AvgIpc) is 3.18. The summed E-state index contributed by atoms with van der Waals surface area (Å²) in [5.41, 5.74) is 2.05. The Labute approximate surface area is 170 Å². The van der Waals surface area contributed by atoms with Crippen LogP contribution in [0.2, 0.25) is 0 Å². The molecule has 0 fully saturated rings. The molecule has 0 unspecified atom stereocenters. The number of nitrogens with zero attached hydrogens (tertiary/aromatic N) is 2. The highest BCUT2D eigenvalue weighted by Crippen LogP contribution is 2.34. The maximum atomic E-state index is 12.6. The standard InChI is InChI=1S/C20H18N4O4S/c25-17(21-14-5-3-4-13(12-14)19-22-20(27)28-23-19)8-9-18(26)24-10-11-29-16-7-2-1-6-15(16)24/h1-7,12H,8-11H2,(H,21,25)(H,22,23,27). The third-order valence-electron chi connectivity index (χ3n) is 4.46. The molecule has 1 aliphatic heterocycles. The first-order chi connectivity index (χ1) is 14.1. The van der Waals surface area contributed by atoms with E-state index in [-0.39, 0.29) is 30.5 Å². The van der Waals surface area contributed by atoms with Crippen molar-refractivity contribution in [3.8, 4) is 11.4 Å². The first kappa shape index (κ1) is 19.0. The maximum Gasteiger partial charge on any atom is 0.439 e. The van der Waals surface area contributed by atoms with E-state index in [9.17, 15) is 14.4 Å². The number of thioether (sulfide) groups is 1. The van der Waals surface area contributed by atoms with Gasteiger partial charge in [0.05, 0.1) is 5.69 Å². The summed E-state index contributed by atoms with van der Waals surface area (Å²) in [6, 6.07) is 14.7. The molecule has 29 heavy (non-hydrogen) atoms. The van der Waals surface area contributed by atoms with E-state index < -0.39 is 5.76 Å². The number of hydrogen-bond donors (Lipinski definition) is 2. The van der Waals surface area contributed by atoms with Gasteiger partial charge < -0.3 is 10.2 Å². The van der Waals surface area contributed by atoms with Crippen LogP contribution < -0.4 is 16.0 Å². The van der Waals surface area contributed by atoms with Gasteiger partial charge in [-0.25, -0.2) is 4.79 Å². The molecule has 2 amide bonds. The van der Waals surface area contributed by atoms with Crippen molar-refractivity contribution in [1.82, 2.24) is 10.1 Å². The summed E-state index contributed by atoms with van der Waals surface area (Å²) >= 11 is 1.73. The van der Waals surface area contributed by atoms with Crippen LogP contribution >= 0.6 is 11.8 Å². The van der Waals surface area contributed by atoms with Crippen LogP contribution in [-0.4, -0.2) is 34.3 Å². The summed E-state index contributed by atoms with van der Waals surface area (Å²) in [4.78, 5) is 41.3. The van der Waals surface area contributed by atoms with Crippen molar-refractivity contribution >= 4 is 35.0 Å². The fourth-order valence-corrected chi connectivity index (χ4v) is 4.10. The van der Waals surface area contributed by atoms with Gasteiger partial charge in [0.25, 0.3) is 0 Å². The molecular formula is C20H18N4O4S. The van der Waals surface area contributed by atoms with Crippen LogP contribution in [0.15, 0.2) is 62.7 Å². The fourth-order valence-electron chi connectivity index (χ4n) is 3.11. The van der Waals surface area contributed by atoms with Crippen LogP contribution in [0.1, 0.15) is 12.8 Å². The van der Waals surface area contributed by atoms with Gasteiger partial charge in [0.15, 0.2) is 5.82 Å². The van der Waals surface area contributed by atoms with Crippen LogP contribution in [0.5, 0.6) is 0 Å². The number of para-hydroxylation sites is 1. The lowest BCUT2D eigenvalue weighted by Gasteiger charge is -2.29. The largest absolute Gasteiger partial charge is 0.439 e. The molecule has 2 heterocycles. The Hall–Kier alpha value is -3.33. The van der Waals surface area contributed by atoms with E-state index in [2.05, 4.69) is 20.0 Å². The molecule has 8 nitrogen and oxygen atoms in total. The van der Waals surface area contributed by atoms with E-state index in [1.165, 1.54) is 0 Å². The molecule has 3 aromatic rings. The molecule has 1 aromatic heterocycles. The highest BCUT2D eigenvalue weighted by atomic mass is 32.2. The minimum Gasteiger partial charge on any atom is -0.326 e. The van der Waals surface area contributed by atoms with Crippen LogP contribution in [0.3, 0.4) is 0 Å². The number of aromatic amines is 1.